The smallest absolute Gasteiger partial charge is 0.332 e. The number of nitrogens with two attached hydrogens (primary N) is 1. The molecule has 0 saturated carbocycles. The van der Waals surface area contributed by atoms with Gasteiger partial charge in [0.25, 0.3) is 0 Å². The number of nitrogen functional groups attached to an aromatic ring is 1. The van der Waals surface area contributed by atoms with Crippen LogP contribution in [0.15, 0.2) is 0 Å². The fraction of sp³-hybridized carbons (Fsp3) is 0.667. The first kappa shape index (κ1) is 14.4. The van der Waals surface area contributed by atoms with E-state index in [2.05, 4.69) is 27.2 Å². The molecule has 0 aliphatic carbocycles. The van der Waals surface area contributed by atoms with Crippen molar-refractivity contribution < 1.29 is 4.92 Å². The van der Waals surface area contributed by atoms with Crippen LogP contribution in [-0.2, 0) is 0 Å². The molecular formula is C12H20N6O2. The first-order valence-electron chi connectivity index (χ1n) is 6.71. The summed E-state index contributed by atoms with van der Waals surface area (Å²) >= 11 is 0. The molecule has 1 unspecified atom stereocenters. The zero-order valence-corrected chi connectivity index (χ0v) is 11.8. The second-order valence-electron chi connectivity index (χ2n) is 5.13. The standard InChI is InChI=1S/C12H20N6O2/c1-8-10(18(19)20)11(16-12(13)15-8)14-7-9-5-3-4-6-17(9)2/h9H,3-7H2,1-2H3,(H3,13,14,15,16). The molecular weight excluding hydrogens is 260 g/mol. The summed E-state index contributed by atoms with van der Waals surface area (Å²) in [6.07, 6.45) is 3.47. The third kappa shape index (κ3) is 3.13. The number of aryl methyl sites for hydroxylation is 1. The van der Waals surface area contributed by atoms with Gasteiger partial charge in [-0.2, -0.15) is 4.98 Å². The minimum absolute atomic E-state index is 0.0487. The summed E-state index contributed by atoms with van der Waals surface area (Å²) in [7, 11) is 2.07. The number of nitrogens with zero attached hydrogens (tertiary/aromatic N) is 4. The molecule has 1 fully saturated rings. The SMILES string of the molecule is Cc1nc(N)nc(NCC2CCCCN2C)c1[N+](=O)[O-]. The van der Waals surface area contributed by atoms with Gasteiger partial charge in [-0.15, -0.1) is 0 Å². The van der Waals surface area contributed by atoms with Crippen molar-refractivity contribution in [2.75, 3.05) is 31.2 Å². The normalized spacial score (nSPS) is 19.8. The molecule has 8 heteroatoms. The molecule has 1 aromatic rings. The summed E-state index contributed by atoms with van der Waals surface area (Å²) in [5, 5.41) is 14.2. The fourth-order valence-corrected chi connectivity index (χ4v) is 2.55. The molecule has 20 heavy (non-hydrogen) atoms. The number of piperidine rings is 1. The van der Waals surface area contributed by atoms with E-state index in [0.717, 1.165) is 13.0 Å². The Bertz CT molecular complexity index is 507. The van der Waals surface area contributed by atoms with Crippen LogP contribution in [0.25, 0.3) is 0 Å². The molecule has 2 heterocycles. The monoisotopic (exact) mass is 280 g/mol. The van der Waals surface area contributed by atoms with E-state index in [1.807, 2.05) is 0 Å². The zero-order valence-electron chi connectivity index (χ0n) is 11.8. The highest BCUT2D eigenvalue weighted by Crippen LogP contribution is 2.26. The summed E-state index contributed by atoms with van der Waals surface area (Å²) < 4.78 is 0. The maximum Gasteiger partial charge on any atom is 0.332 e. The van der Waals surface area contributed by atoms with Crippen LogP contribution in [-0.4, -0.2) is 46.0 Å². The minimum atomic E-state index is -0.471. The van der Waals surface area contributed by atoms with Crippen LogP contribution >= 0.6 is 0 Å². The zero-order chi connectivity index (χ0) is 14.7. The van der Waals surface area contributed by atoms with Gasteiger partial charge in [0.1, 0.15) is 5.69 Å². The van der Waals surface area contributed by atoms with Crippen molar-refractivity contribution in [2.45, 2.75) is 32.2 Å². The second-order valence-corrected chi connectivity index (χ2v) is 5.13. The molecule has 0 bridgehead atoms. The molecule has 1 aliphatic heterocycles. The van der Waals surface area contributed by atoms with E-state index in [1.54, 1.807) is 6.92 Å². The Morgan fingerprint density at radius 1 is 1.50 bits per heavy atom. The Morgan fingerprint density at radius 2 is 2.25 bits per heavy atom. The molecule has 1 saturated heterocycles. The quantitative estimate of drug-likeness (QED) is 0.629. The van der Waals surface area contributed by atoms with Crippen LogP contribution < -0.4 is 11.1 Å². The average molecular weight is 280 g/mol. The lowest BCUT2D eigenvalue weighted by atomic mass is 10.0. The van der Waals surface area contributed by atoms with E-state index in [9.17, 15) is 10.1 Å². The van der Waals surface area contributed by atoms with Crippen molar-refractivity contribution in [3.63, 3.8) is 0 Å². The third-order valence-corrected chi connectivity index (χ3v) is 3.68. The predicted molar refractivity (Wildman–Crippen MR) is 76.6 cm³/mol. The summed E-state index contributed by atoms with van der Waals surface area (Å²) in [4.78, 5) is 20.7. The maximum absolute atomic E-state index is 11.1. The Morgan fingerprint density at radius 3 is 2.90 bits per heavy atom. The van der Waals surface area contributed by atoms with Crippen LogP contribution in [0.3, 0.4) is 0 Å². The molecule has 0 spiro atoms. The Balaban J connectivity index is 2.14. The average Bonchev–Trinajstić information content (AvgIpc) is 2.36. The number of rotatable bonds is 4. The van der Waals surface area contributed by atoms with Crippen molar-refractivity contribution >= 4 is 17.5 Å². The van der Waals surface area contributed by atoms with Crippen LogP contribution in [0.5, 0.6) is 0 Å². The summed E-state index contributed by atoms with van der Waals surface area (Å²) in [5.41, 5.74) is 5.75. The third-order valence-electron chi connectivity index (χ3n) is 3.68. The Hall–Kier alpha value is -1.96. The lowest BCUT2D eigenvalue weighted by molar-refractivity contribution is -0.385. The van der Waals surface area contributed by atoms with Gasteiger partial charge in [0.2, 0.25) is 11.8 Å². The predicted octanol–water partition coefficient (Wildman–Crippen LogP) is 1.17. The summed E-state index contributed by atoms with van der Waals surface area (Å²) in [5.74, 6) is 0.256. The fourth-order valence-electron chi connectivity index (χ4n) is 2.55. The molecule has 110 valence electrons. The number of anilines is 2. The second kappa shape index (κ2) is 6.00. The van der Waals surface area contributed by atoms with Crippen LogP contribution in [0.4, 0.5) is 17.5 Å². The van der Waals surface area contributed by atoms with E-state index >= 15 is 0 Å². The van der Waals surface area contributed by atoms with Crippen LogP contribution in [0.2, 0.25) is 0 Å². The lowest BCUT2D eigenvalue weighted by Gasteiger charge is -2.32. The lowest BCUT2D eigenvalue weighted by Crippen LogP contribution is -2.41. The summed E-state index contributed by atoms with van der Waals surface area (Å²) in [6.45, 7) is 3.24. The van der Waals surface area contributed by atoms with Crippen LogP contribution in [0, 0.1) is 17.0 Å². The van der Waals surface area contributed by atoms with Crippen LogP contribution in [0.1, 0.15) is 25.0 Å². The number of hydrogen-bond donors (Lipinski definition) is 2. The maximum atomic E-state index is 11.1. The number of aromatic nitrogens is 2. The van der Waals surface area contributed by atoms with Gasteiger partial charge < -0.3 is 16.0 Å². The van der Waals surface area contributed by atoms with Crippen molar-refractivity contribution in [3.8, 4) is 0 Å². The topological polar surface area (TPSA) is 110 Å². The van der Waals surface area contributed by atoms with Gasteiger partial charge >= 0.3 is 5.69 Å². The van der Waals surface area contributed by atoms with E-state index in [1.165, 1.54) is 12.8 Å². The van der Waals surface area contributed by atoms with Crippen molar-refractivity contribution in [1.82, 2.24) is 14.9 Å². The van der Waals surface area contributed by atoms with Gasteiger partial charge in [-0.25, -0.2) is 4.98 Å². The molecule has 1 aromatic heterocycles. The molecule has 0 aromatic carbocycles. The molecule has 1 atom stereocenters. The van der Waals surface area contributed by atoms with Gasteiger partial charge in [0.15, 0.2) is 0 Å². The number of likely N-dealkylation sites (N-methyl/N-ethyl adjacent to an activating group) is 1. The van der Waals surface area contributed by atoms with E-state index in [0.29, 0.717) is 12.6 Å². The Labute approximate surface area is 117 Å². The highest BCUT2D eigenvalue weighted by molar-refractivity contribution is 5.60. The highest BCUT2D eigenvalue weighted by Gasteiger charge is 2.24. The van der Waals surface area contributed by atoms with Gasteiger partial charge in [-0.05, 0) is 33.4 Å². The molecule has 8 nitrogen and oxygen atoms in total. The van der Waals surface area contributed by atoms with E-state index in [-0.39, 0.29) is 23.1 Å². The van der Waals surface area contributed by atoms with Gasteiger partial charge in [-0.3, -0.25) is 10.1 Å². The number of nitro groups is 1. The van der Waals surface area contributed by atoms with Crippen molar-refractivity contribution in [2.24, 2.45) is 0 Å². The molecule has 3 N–H and O–H groups in total. The minimum Gasteiger partial charge on any atom is -0.368 e. The van der Waals surface area contributed by atoms with E-state index in [4.69, 9.17) is 5.73 Å². The molecule has 1 aliphatic rings. The first-order valence-corrected chi connectivity index (χ1v) is 6.71. The van der Waals surface area contributed by atoms with E-state index < -0.39 is 4.92 Å². The number of likely N-dealkylation sites (tertiary alicyclic amines) is 1. The Kier molecular flexibility index (Phi) is 4.33. The van der Waals surface area contributed by atoms with Crippen molar-refractivity contribution in [1.29, 1.82) is 0 Å². The van der Waals surface area contributed by atoms with Crippen molar-refractivity contribution in [3.05, 3.63) is 15.8 Å². The first-order chi connectivity index (χ1) is 9.49. The molecule has 0 amide bonds. The highest BCUT2D eigenvalue weighted by atomic mass is 16.6. The van der Waals surface area contributed by atoms with Gasteiger partial charge in [0.05, 0.1) is 4.92 Å². The van der Waals surface area contributed by atoms with Gasteiger partial charge in [-0.1, -0.05) is 6.42 Å². The number of nitrogens with one attached hydrogen (secondary N) is 1. The van der Waals surface area contributed by atoms with Gasteiger partial charge in [0, 0.05) is 12.6 Å². The molecule has 0 radical (unpaired) electrons. The summed E-state index contributed by atoms with van der Waals surface area (Å²) in [6, 6.07) is 0.361. The largest absolute Gasteiger partial charge is 0.368 e. The number of hydrogen-bond acceptors (Lipinski definition) is 7. The molecule has 2 rings (SSSR count).